The number of amides is 1. The van der Waals surface area contributed by atoms with Gasteiger partial charge in [0.05, 0.1) is 16.2 Å². The third-order valence-electron chi connectivity index (χ3n) is 4.25. The van der Waals surface area contributed by atoms with Gasteiger partial charge in [-0.3, -0.25) is 14.9 Å². The average molecular weight is 349 g/mol. The Labute approximate surface area is 146 Å². The molecule has 8 heteroatoms. The number of esters is 1. The Balaban J connectivity index is 2.11. The number of hydrogen-bond donors (Lipinski definition) is 1. The van der Waals surface area contributed by atoms with Gasteiger partial charge < -0.3 is 15.0 Å². The Morgan fingerprint density at radius 2 is 1.96 bits per heavy atom. The van der Waals surface area contributed by atoms with E-state index in [2.05, 4.69) is 5.32 Å². The predicted molar refractivity (Wildman–Crippen MR) is 92.7 cm³/mol. The summed E-state index contributed by atoms with van der Waals surface area (Å²) in [5.74, 6) is -1.11. The van der Waals surface area contributed by atoms with Gasteiger partial charge in [-0.25, -0.2) is 4.79 Å². The molecular weight excluding hydrogens is 326 g/mol. The van der Waals surface area contributed by atoms with E-state index in [0.29, 0.717) is 5.69 Å². The molecule has 1 atom stereocenters. The lowest BCUT2D eigenvalue weighted by molar-refractivity contribution is -0.384. The van der Waals surface area contributed by atoms with Crippen LogP contribution in [0.1, 0.15) is 43.0 Å². The van der Waals surface area contributed by atoms with Crippen molar-refractivity contribution in [3.63, 3.8) is 0 Å². The first kappa shape index (κ1) is 18.7. The van der Waals surface area contributed by atoms with Gasteiger partial charge in [0.25, 0.3) is 11.6 Å². The number of benzene rings is 1. The average Bonchev–Trinajstić information content (AvgIpc) is 3.06. The second kappa shape index (κ2) is 7.96. The molecule has 1 fully saturated rings. The fourth-order valence-electron chi connectivity index (χ4n) is 2.86. The number of nitro groups is 1. The van der Waals surface area contributed by atoms with Crippen LogP contribution >= 0.6 is 0 Å². The number of nitrogens with one attached hydrogen (secondary N) is 1. The molecule has 25 heavy (non-hydrogen) atoms. The van der Waals surface area contributed by atoms with Crippen molar-refractivity contribution in [2.75, 3.05) is 19.0 Å². The Morgan fingerprint density at radius 1 is 1.32 bits per heavy atom. The van der Waals surface area contributed by atoms with Crippen LogP contribution < -0.4 is 10.2 Å². The molecule has 1 aliphatic carbocycles. The van der Waals surface area contributed by atoms with Crippen molar-refractivity contribution in [1.82, 2.24) is 5.32 Å². The molecule has 0 heterocycles. The van der Waals surface area contributed by atoms with Crippen LogP contribution in [-0.2, 0) is 9.53 Å². The molecule has 1 amide bonds. The van der Waals surface area contributed by atoms with Crippen LogP contribution in [0.2, 0.25) is 0 Å². The van der Waals surface area contributed by atoms with E-state index in [0.717, 1.165) is 25.7 Å². The molecule has 0 aliphatic heterocycles. The quantitative estimate of drug-likeness (QED) is 0.480. The van der Waals surface area contributed by atoms with Gasteiger partial charge >= 0.3 is 5.97 Å². The predicted octanol–water partition coefficient (Wildman–Crippen LogP) is 2.26. The van der Waals surface area contributed by atoms with Crippen LogP contribution in [-0.4, -0.2) is 43.0 Å². The first-order valence-corrected chi connectivity index (χ1v) is 8.26. The smallest absolute Gasteiger partial charge is 0.341 e. The summed E-state index contributed by atoms with van der Waals surface area (Å²) in [7, 11) is 3.43. The van der Waals surface area contributed by atoms with Crippen LogP contribution in [0.15, 0.2) is 18.2 Å². The third-order valence-corrected chi connectivity index (χ3v) is 4.25. The van der Waals surface area contributed by atoms with Crippen LogP contribution in [0.25, 0.3) is 0 Å². The van der Waals surface area contributed by atoms with Crippen molar-refractivity contribution in [2.24, 2.45) is 0 Å². The maximum absolute atomic E-state index is 12.4. The van der Waals surface area contributed by atoms with Crippen molar-refractivity contribution >= 4 is 23.3 Å². The van der Waals surface area contributed by atoms with E-state index in [-0.39, 0.29) is 23.2 Å². The largest absolute Gasteiger partial charge is 0.449 e. The molecule has 2 rings (SSSR count). The number of nitro benzene ring substituents is 1. The van der Waals surface area contributed by atoms with E-state index in [4.69, 9.17) is 4.74 Å². The molecule has 1 N–H and O–H groups in total. The van der Waals surface area contributed by atoms with Gasteiger partial charge in [-0.2, -0.15) is 0 Å². The van der Waals surface area contributed by atoms with Crippen molar-refractivity contribution < 1.29 is 19.2 Å². The van der Waals surface area contributed by atoms with Crippen LogP contribution in [0, 0.1) is 10.1 Å². The first-order chi connectivity index (χ1) is 11.8. The highest BCUT2D eigenvalue weighted by molar-refractivity contribution is 5.98. The molecule has 1 saturated carbocycles. The van der Waals surface area contributed by atoms with E-state index in [1.54, 1.807) is 19.0 Å². The molecule has 0 aromatic heterocycles. The lowest BCUT2D eigenvalue weighted by atomic mass is 10.1. The molecule has 1 aliphatic rings. The lowest BCUT2D eigenvalue weighted by Gasteiger charge is -2.19. The minimum absolute atomic E-state index is 0.0553. The summed E-state index contributed by atoms with van der Waals surface area (Å²) in [6.07, 6.45) is 3.06. The number of carbonyl (C=O) groups excluding carboxylic acids is 2. The van der Waals surface area contributed by atoms with E-state index < -0.39 is 17.0 Å². The first-order valence-electron chi connectivity index (χ1n) is 8.26. The van der Waals surface area contributed by atoms with Crippen LogP contribution in [0.5, 0.6) is 0 Å². The fraction of sp³-hybridized carbons (Fsp3) is 0.529. The maximum atomic E-state index is 12.4. The number of hydrogen-bond acceptors (Lipinski definition) is 6. The highest BCUT2D eigenvalue weighted by atomic mass is 16.6. The molecule has 136 valence electrons. The minimum Gasteiger partial charge on any atom is -0.449 e. The van der Waals surface area contributed by atoms with E-state index in [1.165, 1.54) is 25.1 Å². The summed E-state index contributed by atoms with van der Waals surface area (Å²) in [5, 5.41) is 13.8. The second-order valence-electron chi connectivity index (χ2n) is 6.39. The van der Waals surface area contributed by atoms with Gasteiger partial charge in [-0.05, 0) is 25.8 Å². The molecule has 0 unspecified atom stereocenters. The van der Waals surface area contributed by atoms with Crippen molar-refractivity contribution in [3.05, 3.63) is 33.9 Å². The monoisotopic (exact) mass is 349 g/mol. The zero-order valence-corrected chi connectivity index (χ0v) is 14.7. The highest BCUT2D eigenvalue weighted by Crippen LogP contribution is 2.25. The van der Waals surface area contributed by atoms with Crippen LogP contribution in [0.4, 0.5) is 11.4 Å². The van der Waals surface area contributed by atoms with Gasteiger partial charge in [-0.15, -0.1) is 0 Å². The Hall–Kier alpha value is -2.64. The number of rotatable bonds is 6. The van der Waals surface area contributed by atoms with Gasteiger partial charge in [0.2, 0.25) is 0 Å². The Morgan fingerprint density at radius 3 is 2.52 bits per heavy atom. The molecule has 8 nitrogen and oxygen atoms in total. The number of carbonyl (C=O) groups is 2. The normalized spacial score (nSPS) is 15.5. The SMILES string of the molecule is C[C@H](OC(=O)c1cc([N+](=O)[O-])ccc1N(C)C)C(=O)NC1CCCC1. The molecule has 0 bridgehead atoms. The van der Waals surface area contributed by atoms with Crippen LogP contribution in [0.3, 0.4) is 0 Å². The zero-order chi connectivity index (χ0) is 18.6. The van der Waals surface area contributed by atoms with Crippen molar-refractivity contribution in [1.29, 1.82) is 0 Å². The van der Waals surface area contributed by atoms with Gasteiger partial charge in [0.1, 0.15) is 0 Å². The van der Waals surface area contributed by atoms with Crippen molar-refractivity contribution in [2.45, 2.75) is 44.8 Å². The summed E-state index contributed by atoms with van der Waals surface area (Å²) in [4.78, 5) is 36.6. The minimum atomic E-state index is -0.970. The number of non-ortho nitro benzene ring substituents is 1. The highest BCUT2D eigenvalue weighted by Gasteiger charge is 2.26. The molecule has 0 radical (unpaired) electrons. The van der Waals surface area contributed by atoms with E-state index in [1.807, 2.05) is 0 Å². The summed E-state index contributed by atoms with van der Waals surface area (Å²) in [6, 6.07) is 4.10. The second-order valence-corrected chi connectivity index (χ2v) is 6.39. The Bertz CT molecular complexity index is 668. The number of anilines is 1. The van der Waals surface area contributed by atoms with Gasteiger partial charge in [-0.1, -0.05) is 12.8 Å². The topological polar surface area (TPSA) is 102 Å². The zero-order valence-electron chi connectivity index (χ0n) is 14.7. The molecule has 0 saturated heterocycles. The summed E-state index contributed by atoms with van der Waals surface area (Å²) >= 11 is 0. The lowest BCUT2D eigenvalue weighted by Crippen LogP contribution is -2.41. The number of ether oxygens (including phenoxy) is 1. The summed E-state index contributed by atoms with van der Waals surface area (Å²) in [5.41, 5.74) is 0.333. The molecule has 1 aromatic rings. The third kappa shape index (κ3) is 4.68. The Kier molecular flexibility index (Phi) is 5.95. The van der Waals surface area contributed by atoms with Gasteiger partial charge in [0.15, 0.2) is 6.10 Å². The summed E-state index contributed by atoms with van der Waals surface area (Å²) in [6.45, 7) is 1.49. The fourth-order valence-corrected chi connectivity index (χ4v) is 2.86. The maximum Gasteiger partial charge on any atom is 0.341 e. The molecule has 0 spiro atoms. The van der Waals surface area contributed by atoms with E-state index in [9.17, 15) is 19.7 Å². The molecule has 1 aromatic carbocycles. The summed E-state index contributed by atoms with van der Waals surface area (Å²) < 4.78 is 5.23. The van der Waals surface area contributed by atoms with E-state index >= 15 is 0 Å². The number of nitrogens with zero attached hydrogens (tertiary/aromatic N) is 2. The standard InChI is InChI=1S/C17H23N3O5/c1-11(16(21)18-12-6-4-5-7-12)25-17(22)14-10-13(20(23)24)8-9-15(14)19(2)3/h8-12H,4-7H2,1-3H3,(H,18,21)/t11-/m0/s1. The van der Waals surface area contributed by atoms with Gasteiger partial charge in [0, 0.05) is 32.3 Å². The molecular formula is C17H23N3O5. The van der Waals surface area contributed by atoms with Crippen molar-refractivity contribution in [3.8, 4) is 0 Å².